The Kier molecular flexibility index (Phi) is 6.75. The molecule has 0 aliphatic heterocycles. The second-order valence-electron chi connectivity index (χ2n) is 8.38. The average Bonchev–Trinajstić information content (AvgIpc) is 2.79. The third-order valence-electron chi connectivity index (χ3n) is 5.85. The van der Waals surface area contributed by atoms with Crippen molar-refractivity contribution in [2.75, 3.05) is 5.32 Å². The summed E-state index contributed by atoms with van der Waals surface area (Å²) < 4.78 is 0. The molecule has 0 fully saturated rings. The Morgan fingerprint density at radius 1 is 0.970 bits per heavy atom. The SMILES string of the molecule is O=C(O)C[C@H]1CCc2ccc(NC(=O)Cc3ccc(C#Cc4ccccc4O)cc3)cc2C1. The maximum Gasteiger partial charge on any atom is 0.303 e. The molecule has 4 rings (SSSR count). The summed E-state index contributed by atoms with van der Waals surface area (Å²) in [6.07, 6.45) is 2.92. The topological polar surface area (TPSA) is 86.6 Å². The average molecular weight is 440 g/mol. The Labute approximate surface area is 193 Å². The van der Waals surface area contributed by atoms with Gasteiger partial charge in [0.2, 0.25) is 5.91 Å². The molecule has 1 aliphatic carbocycles. The molecule has 0 aromatic heterocycles. The zero-order valence-corrected chi connectivity index (χ0v) is 18.2. The first-order chi connectivity index (χ1) is 16.0. The van der Waals surface area contributed by atoms with E-state index >= 15 is 0 Å². The number of hydrogen-bond donors (Lipinski definition) is 3. The van der Waals surface area contributed by atoms with Crippen molar-refractivity contribution in [3.05, 3.63) is 94.5 Å². The summed E-state index contributed by atoms with van der Waals surface area (Å²) >= 11 is 0. The number of carbonyl (C=O) groups excluding carboxylic acids is 1. The van der Waals surface area contributed by atoms with Gasteiger partial charge in [-0.25, -0.2) is 0 Å². The number of aromatic hydroxyl groups is 1. The van der Waals surface area contributed by atoms with Crippen LogP contribution in [0, 0.1) is 17.8 Å². The number of benzene rings is 3. The van der Waals surface area contributed by atoms with Gasteiger partial charge in [-0.05, 0) is 78.3 Å². The number of aliphatic carboxylic acids is 1. The maximum absolute atomic E-state index is 12.5. The van der Waals surface area contributed by atoms with Gasteiger partial charge in [-0.3, -0.25) is 9.59 Å². The molecule has 0 radical (unpaired) electrons. The quantitative estimate of drug-likeness (QED) is 0.509. The van der Waals surface area contributed by atoms with Crippen LogP contribution in [0.25, 0.3) is 0 Å². The predicted octanol–water partition coefficient (Wildman–Crippen LogP) is 4.55. The van der Waals surface area contributed by atoms with Gasteiger partial charge in [-0.2, -0.15) is 0 Å². The van der Waals surface area contributed by atoms with Crippen molar-refractivity contribution < 1.29 is 19.8 Å². The van der Waals surface area contributed by atoms with E-state index < -0.39 is 5.97 Å². The number of hydrogen-bond acceptors (Lipinski definition) is 3. The van der Waals surface area contributed by atoms with E-state index in [4.69, 9.17) is 5.11 Å². The molecule has 0 spiro atoms. The molecule has 0 unspecified atom stereocenters. The number of phenols is 1. The van der Waals surface area contributed by atoms with Gasteiger partial charge in [0.1, 0.15) is 5.75 Å². The summed E-state index contributed by atoms with van der Waals surface area (Å²) in [5.41, 5.74) is 5.33. The van der Waals surface area contributed by atoms with Crippen molar-refractivity contribution in [3.8, 4) is 17.6 Å². The zero-order valence-electron chi connectivity index (χ0n) is 18.2. The zero-order chi connectivity index (χ0) is 23.2. The minimum atomic E-state index is -0.761. The van der Waals surface area contributed by atoms with Crippen LogP contribution in [0.3, 0.4) is 0 Å². The Morgan fingerprint density at radius 2 is 1.76 bits per heavy atom. The fourth-order valence-electron chi connectivity index (χ4n) is 4.15. The van der Waals surface area contributed by atoms with E-state index in [2.05, 4.69) is 17.2 Å². The van der Waals surface area contributed by atoms with Crippen molar-refractivity contribution >= 4 is 17.6 Å². The van der Waals surface area contributed by atoms with Crippen LogP contribution in [0.1, 0.15) is 40.7 Å². The van der Waals surface area contributed by atoms with Crippen LogP contribution in [0.15, 0.2) is 66.7 Å². The monoisotopic (exact) mass is 439 g/mol. The number of carboxylic acid groups (broad SMARTS) is 1. The molecule has 0 heterocycles. The van der Waals surface area contributed by atoms with Crippen LogP contribution in [0.4, 0.5) is 5.69 Å². The summed E-state index contributed by atoms with van der Waals surface area (Å²) in [7, 11) is 0. The summed E-state index contributed by atoms with van der Waals surface area (Å²) in [6.45, 7) is 0. The largest absolute Gasteiger partial charge is 0.507 e. The molecule has 5 heteroatoms. The molecule has 0 saturated carbocycles. The Bertz CT molecular complexity index is 1230. The first-order valence-electron chi connectivity index (χ1n) is 11.0. The summed E-state index contributed by atoms with van der Waals surface area (Å²) in [5, 5.41) is 21.8. The van der Waals surface area contributed by atoms with Gasteiger partial charge in [-0.15, -0.1) is 0 Å². The summed E-state index contributed by atoms with van der Waals surface area (Å²) in [6, 6.07) is 20.3. The number of para-hydroxylation sites is 1. The number of carbonyl (C=O) groups is 2. The Morgan fingerprint density at radius 3 is 2.52 bits per heavy atom. The van der Waals surface area contributed by atoms with Gasteiger partial charge >= 0.3 is 5.97 Å². The van der Waals surface area contributed by atoms with Crippen molar-refractivity contribution in [1.29, 1.82) is 0 Å². The van der Waals surface area contributed by atoms with Crippen LogP contribution in [0.2, 0.25) is 0 Å². The normalized spacial score (nSPS) is 14.5. The van der Waals surface area contributed by atoms with E-state index in [1.807, 2.05) is 48.5 Å². The first kappa shape index (κ1) is 22.2. The van der Waals surface area contributed by atoms with Crippen LogP contribution < -0.4 is 5.32 Å². The van der Waals surface area contributed by atoms with E-state index in [0.29, 0.717) is 5.56 Å². The molecule has 5 nitrogen and oxygen atoms in total. The molecule has 166 valence electrons. The molecule has 33 heavy (non-hydrogen) atoms. The minimum absolute atomic E-state index is 0.110. The molecule has 1 atom stereocenters. The van der Waals surface area contributed by atoms with Crippen LogP contribution in [0.5, 0.6) is 5.75 Å². The second-order valence-corrected chi connectivity index (χ2v) is 8.38. The predicted molar refractivity (Wildman–Crippen MR) is 127 cm³/mol. The fourth-order valence-corrected chi connectivity index (χ4v) is 4.15. The molecule has 1 aliphatic rings. The van der Waals surface area contributed by atoms with Gasteiger partial charge in [0.05, 0.1) is 12.0 Å². The van der Waals surface area contributed by atoms with Crippen LogP contribution >= 0.6 is 0 Å². The van der Waals surface area contributed by atoms with Crippen molar-refractivity contribution in [3.63, 3.8) is 0 Å². The van der Waals surface area contributed by atoms with Crippen LogP contribution in [-0.2, 0) is 28.9 Å². The lowest BCUT2D eigenvalue weighted by molar-refractivity contribution is -0.138. The van der Waals surface area contributed by atoms with E-state index in [9.17, 15) is 14.7 Å². The van der Waals surface area contributed by atoms with Crippen molar-refractivity contribution in [2.24, 2.45) is 5.92 Å². The van der Waals surface area contributed by atoms with Gasteiger partial charge in [0.25, 0.3) is 0 Å². The third kappa shape index (κ3) is 6.02. The number of rotatable bonds is 5. The van der Waals surface area contributed by atoms with E-state index in [-0.39, 0.29) is 30.4 Å². The minimum Gasteiger partial charge on any atom is -0.507 e. The highest BCUT2D eigenvalue weighted by Crippen LogP contribution is 2.29. The van der Waals surface area contributed by atoms with Gasteiger partial charge < -0.3 is 15.5 Å². The van der Waals surface area contributed by atoms with Gasteiger partial charge in [0.15, 0.2) is 0 Å². The first-order valence-corrected chi connectivity index (χ1v) is 11.0. The maximum atomic E-state index is 12.5. The molecular formula is C28H25NO4. The Hall–Kier alpha value is -4.04. The molecule has 0 saturated heterocycles. The highest BCUT2D eigenvalue weighted by Gasteiger charge is 2.21. The van der Waals surface area contributed by atoms with Crippen LogP contribution in [-0.4, -0.2) is 22.1 Å². The highest BCUT2D eigenvalue weighted by molar-refractivity contribution is 5.92. The molecule has 1 amide bonds. The Balaban J connectivity index is 1.36. The fraction of sp³-hybridized carbons (Fsp3) is 0.214. The van der Waals surface area contributed by atoms with Crippen molar-refractivity contribution in [1.82, 2.24) is 0 Å². The number of nitrogens with one attached hydrogen (secondary N) is 1. The molecule has 3 aromatic rings. The number of amides is 1. The number of carboxylic acids is 1. The third-order valence-corrected chi connectivity index (χ3v) is 5.85. The summed E-state index contributed by atoms with van der Waals surface area (Å²) in [5.74, 6) is 5.39. The number of phenolic OH excluding ortho intramolecular Hbond substituents is 1. The van der Waals surface area contributed by atoms with E-state index in [1.54, 1.807) is 18.2 Å². The second kappa shape index (κ2) is 10.1. The molecule has 0 bridgehead atoms. The van der Waals surface area contributed by atoms with Gasteiger partial charge in [-0.1, -0.05) is 42.2 Å². The standard InChI is InChI=1S/C28H25NO4/c30-26-4-2-1-3-23(26)12-9-19-5-7-20(8-6-19)16-27(31)29-25-14-13-22-11-10-21(17-28(32)33)15-24(22)18-25/h1-8,13-14,18,21,30H,10-11,15-17H2,(H,29,31)(H,32,33)/t21-/m0/s1. The smallest absolute Gasteiger partial charge is 0.303 e. The number of aryl methyl sites for hydroxylation is 1. The molecule has 3 N–H and O–H groups in total. The lowest BCUT2D eigenvalue weighted by Crippen LogP contribution is -2.19. The van der Waals surface area contributed by atoms with E-state index in [0.717, 1.165) is 41.6 Å². The summed E-state index contributed by atoms with van der Waals surface area (Å²) in [4.78, 5) is 23.6. The van der Waals surface area contributed by atoms with Crippen molar-refractivity contribution in [2.45, 2.75) is 32.1 Å². The number of anilines is 1. The van der Waals surface area contributed by atoms with E-state index in [1.165, 1.54) is 5.56 Å². The lowest BCUT2D eigenvalue weighted by Gasteiger charge is -2.24. The van der Waals surface area contributed by atoms with Gasteiger partial charge in [0, 0.05) is 17.7 Å². The highest BCUT2D eigenvalue weighted by atomic mass is 16.4. The molecular weight excluding hydrogens is 414 g/mol. The number of fused-ring (bicyclic) bond motifs is 1. The lowest BCUT2D eigenvalue weighted by atomic mass is 9.82. The molecule has 3 aromatic carbocycles.